The van der Waals surface area contributed by atoms with E-state index in [1.165, 1.54) is 0 Å². The first-order chi connectivity index (χ1) is 8.72. The van der Waals surface area contributed by atoms with Crippen LogP contribution in [0.15, 0.2) is 24.4 Å². The summed E-state index contributed by atoms with van der Waals surface area (Å²) in [5, 5.41) is 7.63. The number of nitrogens with one attached hydrogen (secondary N) is 1. The zero-order chi connectivity index (χ0) is 12.5. The summed E-state index contributed by atoms with van der Waals surface area (Å²) in [5.41, 5.74) is 0.820. The minimum absolute atomic E-state index is 0.205. The van der Waals surface area contributed by atoms with Crippen LogP contribution in [0.2, 0.25) is 0 Å². The van der Waals surface area contributed by atoms with Gasteiger partial charge in [-0.15, -0.1) is 5.10 Å². The molecule has 0 aliphatic carbocycles. The van der Waals surface area contributed by atoms with E-state index in [2.05, 4.69) is 15.4 Å². The van der Waals surface area contributed by atoms with Crippen molar-refractivity contribution in [3.05, 3.63) is 24.4 Å². The Kier molecular flexibility index (Phi) is 2.62. The molecule has 0 radical (unpaired) electrons. The third-order valence-electron chi connectivity index (χ3n) is 3.20. The Morgan fingerprint density at radius 3 is 3.11 bits per heavy atom. The highest BCUT2D eigenvalue weighted by molar-refractivity contribution is 5.76. The number of aromatic nitrogens is 3. The Morgan fingerprint density at radius 1 is 1.44 bits per heavy atom. The predicted molar refractivity (Wildman–Crippen MR) is 67.3 cm³/mol. The number of anilines is 1. The minimum atomic E-state index is 0.205. The number of carbonyl (C=O) groups excluding carboxylic acids is 1. The molecule has 1 fully saturated rings. The number of nitrogens with zero attached hydrogens (tertiary/aromatic N) is 4. The van der Waals surface area contributed by atoms with Crippen LogP contribution in [0.3, 0.4) is 0 Å². The van der Waals surface area contributed by atoms with Crippen molar-refractivity contribution in [2.45, 2.75) is 18.9 Å². The Hall–Kier alpha value is -2.11. The smallest absolute Gasteiger partial charge is 0.243 e. The third kappa shape index (κ3) is 2.01. The highest BCUT2D eigenvalue weighted by Gasteiger charge is 2.23. The molecule has 1 aliphatic rings. The Bertz CT molecular complexity index is 546. The number of amides is 1. The highest BCUT2D eigenvalue weighted by Crippen LogP contribution is 2.14. The van der Waals surface area contributed by atoms with Crippen molar-refractivity contribution in [3.63, 3.8) is 0 Å². The van der Waals surface area contributed by atoms with E-state index in [0.29, 0.717) is 18.9 Å². The fraction of sp³-hybridized carbons (Fsp3) is 0.417. The molecule has 1 atom stereocenters. The van der Waals surface area contributed by atoms with Crippen LogP contribution in [-0.2, 0) is 4.79 Å². The molecule has 1 amide bonds. The van der Waals surface area contributed by atoms with Gasteiger partial charge in [0.05, 0.1) is 0 Å². The summed E-state index contributed by atoms with van der Waals surface area (Å²) in [6, 6.07) is 5.98. The summed E-state index contributed by atoms with van der Waals surface area (Å²) in [5.74, 6) is 0.824. The van der Waals surface area contributed by atoms with E-state index in [-0.39, 0.29) is 11.9 Å². The van der Waals surface area contributed by atoms with Crippen molar-refractivity contribution in [1.29, 1.82) is 0 Å². The van der Waals surface area contributed by atoms with Crippen LogP contribution in [0.1, 0.15) is 12.8 Å². The number of carbonyl (C=O) groups is 1. The van der Waals surface area contributed by atoms with Gasteiger partial charge in [0.2, 0.25) is 11.9 Å². The number of piperidine rings is 1. The fourth-order valence-corrected chi connectivity index (χ4v) is 2.21. The molecule has 1 aliphatic heterocycles. The molecule has 0 saturated carbocycles. The van der Waals surface area contributed by atoms with Crippen LogP contribution in [0, 0.1) is 0 Å². The molecule has 6 heteroatoms. The van der Waals surface area contributed by atoms with Crippen LogP contribution < -0.4 is 5.32 Å². The van der Waals surface area contributed by atoms with E-state index >= 15 is 0 Å². The van der Waals surface area contributed by atoms with Crippen LogP contribution in [-0.4, -0.2) is 45.0 Å². The first kappa shape index (κ1) is 11.0. The van der Waals surface area contributed by atoms with Crippen molar-refractivity contribution in [1.82, 2.24) is 19.5 Å². The lowest BCUT2D eigenvalue weighted by molar-refractivity contribution is -0.132. The van der Waals surface area contributed by atoms with Gasteiger partial charge in [0.15, 0.2) is 5.65 Å². The van der Waals surface area contributed by atoms with Crippen molar-refractivity contribution < 1.29 is 4.79 Å². The maximum atomic E-state index is 11.4. The summed E-state index contributed by atoms with van der Waals surface area (Å²) in [6.45, 7) is 0.703. The molecule has 3 heterocycles. The normalized spacial score (nSPS) is 20.4. The van der Waals surface area contributed by atoms with Gasteiger partial charge in [-0.05, 0) is 18.6 Å². The minimum Gasteiger partial charge on any atom is -0.348 e. The van der Waals surface area contributed by atoms with Gasteiger partial charge in [0.1, 0.15) is 0 Å². The molecule has 0 bridgehead atoms. The Labute approximate surface area is 105 Å². The summed E-state index contributed by atoms with van der Waals surface area (Å²) >= 11 is 0. The molecule has 94 valence electrons. The maximum absolute atomic E-state index is 11.4. The zero-order valence-corrected chi connectivity index (χ0v) is 10.2. The lowest BCUT2D eigenvalue weighted by atomic mass is 10.1. The highest BCUT2D eigenvalue weighted by atomic mass is 16.2. The number of rotatable bonds is 2. The molecule has 0 aromatic carbocycles. The van der Waals surface area contributed by atoms with Crippen molar-refractivity contribution in [3.8, 4) is 0 Å². The van der Waals surface area contributed by atoms with Gasteiger partial charge in [-0.25, -0.2) is 4.52 Å². The number of hydrogen-bond donors (Lipinski definition) is 1. The summed E-state index contributed by atoms with van der Waals surface area (Å²) in [7, 11) is 1.83. The predicted octanol–water partition coefficient (Wildman–Crippen LogP) is 0.762. The van der Waals surface area contributed by atoms with E-state index in [1.807, 2.05) is 31.4 Å². The molecule has 1 unspecified atom stereocenters. The van der Waals surface area contributed by atoms with E-state index < -0.39 is 0 Å². The Morgan fingerprint density at radius 2 is 2.33 bits per heavy atom. The van der Waals surface area contributed by atoms with Gasteiger partial charge in [-0.2, -0.15) is 4.98 Å². The fourth-order valence-electron chi connectivity index (χ4n) is 2.21. The molecule has 18 heavy (non-hydrogen) atoms. The molecule has 2 aromatic heterocycles. The molecule has 1 saturated heterocycles. The van der Waals surface area contributed by atoms with Crippen LogP contribution in [0.25, 0.3) is 5.65 Å². The number of hydrogen-bond acceptors (Lipinski definition) is 4. The van der Waals surface area contributed by atoms with Crippen LogP contribution in [0.5, 0.6) is 0 Å². The van der Waals surface area contributed by atoms with Gasteiger partial charge in [0.25, 0.3) is 0 Å². The van der Waals surface area contributed by atoms with Gasteiger partial charge in [0, 0.05) is 32.3 Å². The summed E-state index contributed by atoms with van der Waals surface area (Å²) < 4.78 is 1.74. The second kappa shape index (κ2) is 4.29. The van der Waals surface area contributed by atoms with Gasteiger partial charge < -0.3 is 10.2 Å². The molecule has 3 rings (SSSR count). The molecular weight excluding hydrogens is 230 g/mol. The quantitative estimate of drug-likeness (QED) is 0.848. The molecular formula is C12H15N5O. The van der Waals surface area contributed by atoms with Crippen LogP contribution >= 0.6 is 0 Å². The number of fused-ring (bicyclic) bond motifs is 1. The average Bonchev–Trinajstić information content (AvgIpc) is 2.76. The van der Waals surface area contributed by atoms with E-state index in [0.717, 1.165) is 12.1 Å². The van der Waals surface area contributed by atoms with E-state index in [4.69, 9.17) is 0 Å². The Balaban J connectivity index is 1.74. The molecule has 1 N–H and O–H groups in total. The SMILES string of the molecule is CN1CC(Nc2nc3ccccn3n2)CCC1=O. The van der Waals surface area contributed by atoms with Crippen molar-refractivity contribution in [2.24, 2.45) is 0 Å². The topological polar surface area (TPSA) is 62.5 Å². The molecule has 6 nitrogen and oxygen atoms in total. The standard InChI is InChI=1S/C12H15N5O/c1-16-8-9(5-6-11(16)18)13-12-14-10-4-2-3-7-17(10)15-12/h2-4,7,9H,5-6,8H2,1H3,(H,13,15). The average molecular weight is 245 g/mol. The largest absolute Gasteiger partial charge is 0.348 e. The monoisotopic (exact) mass is 245 g/mol. The van der Waals surface area contributed by atoms with Gasteiger partial charge in [-0.1, -0.05) is 6.07 Å². The lowest BCUT2D eigenvalue weighted by Crippen LogP contribution is -2.43. The number of likely N-dealkylation sites (tertiary alicyclic amines) is 1. The maximum Gasteiger partial charge on any atom is 0.243 e. The molecule has 0 spiro atoms. The number of pyridine rings is 1. The second-order valence-electron chi connectivity index (χ2n) is 4.59. The van der Waals surface area contributed by atoms with Crippen LogP contribution in [0.4, 0.5) is 5.95 Å². The third-order valence-corrected chi connectivity index (χ3v) is 3.20. The first-order valence-corrected chi connectivity index (χ1v) is 6.04. The first-order valence-electron chi connectivity index (χ1n) is 6.04. The molecule has 2 aromatic rings. The van der Waals surface area contributed by atoms with Gasteiger partial charge >= 0.3 is 0 Å². The zero-order valence-electron chi connectivity index (χ0n) is 10.2. The van der Waals surface area contributed by atoms with Crippen molar-refractivity contribution >= 4 is 17.5 Å². The number of likely N-dealkylation sites (N-methyl/N-ethyl adjacent to an activating group) is 1. The van der Waals surface area contributed by atoms with Crippen molar-refractivity contribution in [2.75, 3.05) is 18.9 Å². The lowest BCUT2D eigenvalue weighted by Gasteiger charge is -2.29. The summed E-state index contributed by atoms with van der Waals surface area (Å²) in [4.78, 5) is 17.5. The van der Waals surface area contributed by atoms with E-state index in [1.54, 1.807) is 9.42 Å². The van der Waals surface area contributed by atoms with E-state index in [9.17, 15) is 4.79 Å². The van der Waals surface area contributed by atoms with Gasteiger partial charge in [-0.3, -0.25) is 4.79 Å². The second-order valence-corrected chi connectivity index (χ2v) is 4.59. The summed E-state index contributed by atoms with van der Waals surface area (Å²) in [6.07, 6.45) is 3.28.